The molecular weight excluding hydrogens is 827 g/mol. The molecule has 0 bridgehead atoms. The molecule has 2 aliphatic rings. The minimum absolute atomic E-state index is 0. The Kier molecular flexibility index (Phi) is 12.1. The first-order valence-corrected chi connectivity index (χ1v) is 20.6. The van der Waals surface area contributed by atoms with Crippen LogP contribution in [0.5, 0.6) is 0 Å². The molecule has 9 aromatic carbocycles. The van der Waals surface area contributed by atoms with Gasteiger partial charge in [0.2, 0.25) is 0 Å². The molecule has 2 radical (unpaired) electrons. The minimum atomic E-state index is -0.148. The van der Waals surface area contributed by atoms with Gasteiger partial charge in [0, 0.05) is 60.8 Å². The fourth-order valence-electron chi connectivity index (χ4n) is 9.18. The maximum atomic E-state index is 5.23. The number of hydrogen-bond acceptors (Lipinski definition) is 2. The molecule has 9 aromatic rings. The summed E-state index contributed by atoms with van der Waals surface area (Å²) in [6, 6.07) is 64.9. The Bertz CT molecular complexity index is 3250. The Morgan fingerprint density at radius 1 is 0.452 bits per heavy atom. The number of benzene rings is 9. The Morgan fingerprint density at radius 3 is 1.44 bits per heavy atom. The van der Waals surface area contributed by atoms with Crippen molar-refractivity contribution in [3.63, 3.8) is 0 Å². The molecule has 0 saturated heterocycles. The zero-order valence-electron chi connectivity index (χ0n) is 33.9. The first-order valence-electron chi connectivity index (χ1n) is 20.6. The monoisotopic (exact) mass is 872 g/mol. The van der Waals surface area contributed by atoms with Crippen LogP contribution < -0.4 is 5.32 Å². The predicted octanol–water partition coefficient (Wildman–Crippen LogP) is 15.0. The molecular formula is C58H46N2V2. The first kappa shape index (κ1) is 42.6. The molecule has 0 fully saturated rings. The topological polar surface area (TPSA) is 24.4 Å². The summed E-state index contributed by atoms with van der Waals surface area (Å²) in [5, 5.41) is 13.3. The van der Waals surface area contributed by atoms with E-state index in [1.807, 2.05) is 0 Å². The zero-order valence-corrected chi connectivity index (χ0v) is 36.7. The van der Waals surface area contributed by atoms with Crippen LogP contribution in [-0.4, -0.2) is 18.8 Å². The third kappa shape index (κ3) is 7.70. The molecule has 0 amide bonds. The van der Waals surface area contributed by atoms with Gasteiger partial charge in [-0.3, -0.25) is 4.99 Å². The largest absolute Gasteiger partial charge is 0.387 e. The summed E-state index contributed by atoms with van der Waals surface area (Å²) >= 11 is 0. The third-order valence-corrected chi connectivity index (χ3v) is 12.5. The van der Waals surface area contributed by atoms with Gasteiger partial charge < -0.3 is 5.32 Å². The SMILES string of the molecule is C.CC1(C2=CNCC=C2)C=CC(c2ccc3c(-c4ccc(-c5ccc6ccccc6c5)cc4)c4ccccc4c(-c4ccc(-c5ccc6ccccc6c5)cc4)c3c2)=NC1.[V].[V]. The van der Waals surface area contributed by atoms with E-state index in [0.29, 0.717) is 6.54 Å². The molecule has 1 unspecified atom stereocenters. The van der Waals surface area contributed by atoms with E-state index in [1.54, 1.807) is 0 Å². The van der Waals surface area contributed by atoms with Gasteiger partial charge in [-0.05, 0) is 117 Å². The smallest absolute Gasteiger partial charge is 0.0644 e. The van der Waals surface area contributed by atoms with E-state index in [-0.39, 0.29) is 50.0 Å². The fourth-order valence-corrected chi connectivity index (χ4v) is 9.18. The number of rotatable bonds is 6. The van der Waals surface area contributed by atoms with Crippen LogP contribution in [0.4, 0.5) is 0 Å². The number of hydrogen-bond donors (Lipinski definition) is 1. The maximum Gasteiger partial charge on any atom is 0.0644 e. The van der Waals surface area contributed by atoms with Crippen LogP contribution in [0.1, 0.15) is 19.9 Å². The van der Waals surface area contributed by atoms with Crippen molar-refractivity contribution in [2.45, 2.75) is 14.4 Å². The summed E-state index contributed by atoms with van der Waals surface area (Å²) in [6.45, 7) is 3.84. The van der Waals surface area contributed by atoms with Crippen LogP contribution >= 0.6 is 0 Å². The van der Waals surface area contributed by atoms with Crippen molar-refractivity contribution >= 4 is 48.8 Å². The second-order valence-electron chi connectivity index (χ2n) is 16.2. The van der Waals surface area contributed by atoms with Crippen LogP contribution in [0, 0.1) is 5.41 Å². The fraction of sp³-hybridized carbons (Fsp3) is 0.0862. The van der Waals surface area contributed by atoms with Crippen LogP contribution in [0.2, 0.25) is 0 Å². The molecule has 298 valence electrons. The number of dihydropyridines is 2. The van der Waals surface area contributed by atoms with Crippen LogP contribution in [-0.2, 0) is 37.1 Å². The second-order valence-corrected chi connectivity index (χ2v) is 16.2. The Balaban J connectivity index is 0.00000176. The first-order chi connectivity index (χ1) is 29.1. The van der Waals surface area contributed by atoms with Crippen LogP contribution in [0.25, 0.3) is 87.6 Å². The maximum absolute atomic E-state index is 5.23. The van der Waals surface area contributed by atoms with Crippen molar-refractivity contribution in [3.8, 4) is 44.5 Å². The van der Waals surface area contributed by atoms with E-state index < -0.39 is 0 Å². The Morgan fingerprint density at radius 2 is 0.919 bits per heavy atom. The van der Waals surface area contributed by atoms with Crippen molar-refractivity contribution < 1.29 is 37.1 Å². The molecule has 11 rings (SSSR count). The van der Waals surface area contributed by atoms with Gasteiger partial charge in [0.05, 0.1) is 12.3 Å². The molecule has 62 heavy (non-hydrogen) atoms. The molecule has 2 aliphatic heterocycles. The van der Waals surface area contributed by atoms with E-state index in [9.17, 15) is 0 Å². The van der Waals surface area contributed by atoms with Gasteiger partial charge in [0.15, 0.2) is 0 Å². The van der Waals surface area contributed by atoms with Crippen molar-refractivity contribution in [3.05, 3.63) is 218 Å². The molecule has 0 aromatic heterocycles. The van der Waals surface area contributed by atoms with Crippen LogP contribution in [0.3, 0.4) is 0 Å². The summed E-state index contributed by atoms with van der Waals surface area (Å²) in [4.78, 5) is 5.23. The molecule has 2 nitrogen and oxygen atoms in total. The van der Waals surface area contributed by atoms with Crippen molar-refractivity contribution in [2.75, 3.05) is 13.1 Å². The van der Waals surface area contributed by atoms with Gasteiger partial charge in [-0.2, -0.15) is 0 Å². The molecule has 0 saturated carbocycles. The minimum Gasteiger partial charge on any atom is -0.387 e. The van der Waals surface area contributed by atoms with E-state index >= 15 is 0 Å². The quantitative estimate of drug-likeness (QED) is 0.165. The summed E-state index contributed by atoms with van der Waals surface area (Å²) in [7, 11) is 0. The van der Waals surface area contributed by atoms with E-state index in [0.717, 1.165) is 17.8 Å². The average Bonchev–Trinajstić information content (AvgIpc) is 3.31. The van der Waals surface area contributed by atoms with Crippen molar-refractivity contribution in [2.24, 2.45) is 10.4 Å². The number of nitrogens with one attached hydrogen (secondary N) is 1. The van der Waals surface area contributed by atoms with Gasteiger partial charge in [-0.25, -0.2) is 0 Å². The average molecular weight is 873 g/mol. The predicted molar refractivity (Wildman–Crippen MR) is 259 cm³/mol. The molecule has 4 heteroatoms. The molecule has 1 atom stereocenters. The van der Waals surface area contributed by atoms with E-state index in [1.165, 1.54) is 93.2 Å². The molecule has 1 N–H and O–H groups in total. The van der Waals surface area contributed by atoms with E-state index in [4.69, 9.17) is 4.99 Å². The normalized spacial score (nSPS) is 15.6. The van der Waals surface area contributed by atoms with E-state index in [2.05, 4.69) is 219 Å². The Hall–Kier alpha value is -6.12. The zero-order chi connectivity index (χ0) is 39.3. The summed E-state index contributed by atoms with van der Waals surface area (Å²) < 4.78 is 0. The van der Waals surface area contributed by atoms with Crippen LogP contribution in [0.15, 0.2) is 217 Å². The van der Waals surface area contributed by atoms with Gasteiger partial charge in [0.1, 0.15) is 0 Å². The van der Waals surface area contributed by atoms with Gasteiger partial charge in [0.25, 0.3) is 0 Å². The standard InChI is InChI=1S/C57H42N2.CH4.2V/c1-57(49-13-8-32-58-36-49)31-30-54(59-37-57)48-28-29-52-53(35-48)56(43-24-18-41(19-25-43)47-27-21-39-10-3-5-12-45(39)34-47)51-15-7-6-14-50(51)55(52)42-22-16-40(17-23-42)46-26-20-38-9-2-4-11-44(38)33-46;;;/h2-31,33-36,58H,32,37H2,1H3;1H4;;. The summed E-state index contributed by atoms with van der Waals surface area (Å²) in [5.41, 5.74) is 13.0. The number of aliphatic imine (C=N–C) groups is 1. The van der Waals surface area contributed by atoms with Gasteiger partial charge in [-0.15, -0.1) is 0 Å². The number of nitrogens with zero attached hydrogens (tertiary/aromatic N) is 1. The second kappa shape index (κ2) is 17.7. The summed E-state index contributed by atoms with van der Waals surface area (Å²) in [5.74, 6) is 0. The van der Waals surface area contributed by atoms with Crippen molar-refractivity contribution in [1.29, 1.82) is 0 Å². The van der Waals surface area contributed by atoms with Crippen molar-refractivity contribution in [1.82, 2.24) is 5.32 Å². The van der Waals surface area contributed by atoms with Gasteiger partial charge >= 0.3 is 0 Å². The molecule has 2 heterocycles. The third-order valence-electron chi connectivity index (χ3n) is 12.5. The van der Waals surface area contributed by atoms with Gasteiger partial charge in [-0.1, -0.05) is 190 Å². The Labute approximate surface area is 388 Å². The summed E-state index contributed by atoms with van der Waals surface area (Å²) in [6.07, 6.45) is 11.1. The number of fused-ring (bicyclic) bond motifs is 4. The molecule has 0 aliphatic carbocycles. The number of allylic oxidation sites excluding steroid dienone is 2. The molecule has 0 spiro atoms.